The van der Waals surface area contributed by atoms with E-state index in [1.54, 1.807) is 6.92 Å². The minimum absolute atomic E-state index is 0.214. The quantitative estimate of drug-likeness (QED) is 0.165. The number of hydrogen-bond acceptors (Lipinski definition) is 5. The van der Waals surface area contributed by atoms with Gasteiger partial charge in [-0.25, -0.2) is 0 Å². The van der Waals surface area contributed by atoms with E-state index in [1.165, 1.54) is 70.6 Å². The molecule has 30 heavy (non-hydrogen) atoms. The highest BCUT2D eigenvalue weighted by Gasteiger charge is 2.27. The highest BCUT2D eigenvalue weighted by Crippen LogP contribution is 2.12. The molecule has 180 valence electrons. The summed E-state index contributed by atoms with van der Waals surface area (Å²) in [5, 5.41) is 35.7. The van der Waals surface area contributed by atoms with Crippen LogP contribution in [-0.4, -0.2) is 58.7 Å². The molecule has 0 aliphatic carbocycles. The molecule has 0 aliphatic rings. The Kier molecular flexibility index (Phi) is 19.8. The van der Waals surface area contributed by atoms with Crippen LogP contribution in [0, 0.1) is 0 Å². The van der Waals surface area contributed by atoms with Gasteiger partial charge in [0.15, 0.2) is 0 Å². The maximum absolute atomic E-state index is 11.3. The Labute approximate surface area is 185 Å². The van der Waals surface area contributed by atoms with Crippen LogP contribution in [0.4, 0.5) is 0 Å². The van der Waals surface area contributed by atoms with Crippen molar-refractivity contribution in [3.63, 3.8) is 0 Å². The third-order valence-corrected chi connectivity index (χ3v) is 5.95. The molecule has 0 spiro atoms. The van der Waals surface area contributed by atoms with Crippen LogP contribution in [0.1, 0.15) is 111 Å². The first-order valence-electron chi connectivity index (χ1n) is 12.5. The van der Waals surface area contributed by atoms with E-state index in [0.29, 0.717) is 19.4 Å². The summed E-state index contributed by atoms with van der Waals surface area (Å²) in [4.78, 5) is 11.3. The average Bonchev–Trinajstić information content (AvgIpc) is 2.74. The average molecular weight is 431 g/mol. The molecule has 0 radical (unpaired) electrons. The number of nitrogens with one attached hydrogen (secondary N) is 2. The van der Waals surface area contributed by atoms with Crippen LogP contribution in [0.15, 0.2) is 0 Å². The van der Waals surface area contributed by atoms with E-state index in [-0.39, 0.29) is 6.04 Å². The summed E-state index contributed by atoms with van der Waals surface area (Å²) >= 11 is 0. The largest absolute Gasteiger partial charge is 0.480 e. The molecule has 0 aromatic heterocycles. The fraction of sp³-hybridized carbons (Fsp3) is 0.958. The number of carboxylic acid groups (broad SMARTS) is 1. The van der Waals surface area contributed by atoms with Gasteiger partial charge in [0.05, 0.1) is 12.2 Å². The molecule has 5 N–H and O–H groups in total. The second-order valence-electron chi connectivity index (χ2n) is 8.63. The van der Waals surface area contributed by atoms with E-state index in [4.69, 9.17) is 0 Å². The number of carbonyl (C=O) groups is 1. The molecular weight excluding hydrogens is 380 g/mol. The predicted octanol–water partition coefficient (Wildman–Crippen LogP) is 4.23. The maximum Gasteiger partial charge on any atom is 0.323 e. The monoisotopic (exact) mass is 430 g/mol. The van der Waals surface area contributed by atoms with E-state index >= 15 is 0 Å². The molecule has 0 bridgehead atoms. The first kappa shape index (κ1) is 29.3. The summed E-state index contributed by atoms with van der Waals surface area (Å²) in [7, 11) is 0. The van der Waals surface area contributed by atoms with Gasteiger partial charge in [-0.2, -0.15) is 0 Å². The Morgan fingerprint density at radius 3 is 1.60 bits per heavy atom. The van der Waals surface area contributed by atoms with Gasteiger partial charge in [-0.1, -0.05) is 91.4 Å². The van der Waals surface area contributed by atoms with Crippen LogP contribution < -0.4 is 10.6 Å². The summed E-state index contributed by atoms with van der Waals surface area (Å²) in [6, 6.07) is -1.22. The highest BCUT2D eigenvalue weighted by atomic mass is 16.4. The number of aliphatic hydroxyl groups is 2. The Morgan fingerprint density at radius 2 is 1.17 bits per heavy atom. The zero-order chi connectivity index (χ0) is 22.6. The van der Waals surface area contributed by atoms with Gasteiger partial charge in [0.2, 0.25) is 0 Å². The lowest BCUT2D eigenvalue weighted by molar-refractivity contribution is -0.142. The SMILES string of the molecule is CCCCCCCCCCCCCCNC(CNC(C(=O)O)C(O)CC)C(O)CC. The van der Waals surface area contributed by atoms with E-state index < -0.39 is 24.2 Å². The van der Waals surface area contributed by atoms with Crippen molar-refractivity contribution in [2.45, 2.75) is 135 Å². The fourth-order valence-electron chi connectivity index (χ4n) is 3.76. The molecule has 0 aliphatic heterocycles. The van der Waals surface area contributed by atoms with Crippen LogP contribution in [0.2, 0.25) is 0 Å². The molecule has 0 amide bonds. The van der Waals surface area contributed by atoms with Crippen LogP contribution >= 0.6 is 0 Å². The van der Waals surface area contributed by atoms with Crippen LogP contribution in [0.25, 0.3) is 0 Å². The number of rotatable bonds is 22. The predicted molar refractivity (Wildman–Crippen MR) is 125 cm³/mol. The van der Waals surface area contributed by atoms with Crippen molar-refractivity contribution in [1.82, 2.24) is 10.6 Å². The van der Waals surface area contributed by atoms with Crippen LogP contribution in [0.3, 0.4) is 0 Å². The van der Waals surface area contributed by atoms with E-state index in [0.717, 1.165) is 13.0 Å². The summed E-state index contributed by atoms with van der Waals surface area (Å²) in [6.07, 6.45) is 15.2. The molecule has 0 saturated heterocycles. The van der Waals surface area contributed by atoms with Gasteiger partial charge >= 0.3 is 5.97 Å². The van der Waals surface area contributed by atoms with Crippen molar-refractivity contribution in [3.05, 3.63) is 0 Å². The Morgan fingerprint density at radius 1 is 0.700 bits per heavy atom. The lowest BCUT2D eigenvalue weighted by atomic mass is 10.0. The maximum atomic E-state index is 11.3. The number of aliphatic hydroxyl groups excluding tert-OH is 2. The molecular formula is C24H50N2O4. The number of hydrogen-bond donors (Lipinski definition) is 5. The molecule has 4 atom stereocenters. The second kappa shape index (κ2) is 20.2. The lowest BCUT2D eigenvalue weighted by Crippen LogP contribution is -2.53. The Bertz CT molecular complexity index is 395. The van der Waals surface area contributed by atoms with Gasteiger partial charge in [-0.05, 0) is 25.8 Å². The van der Waals surface area contributed by atoms with Crippen molar-refractivity contribution < 1.29 is 20.1 Å². The molecule has 0 heterocycles. The molecule has 6 heteroatoms. The van der Waals surface area contributed by atoms with Gasteiger partial charge in [0.25, 0.3) is 0 Å². The number of aliphatic carboxylic acids is 1. The van der Waals surface area contributed by atoms with Crippen LogP contribution in [-0.2, 0) is 4.79 Å². The van der Waals surface area contributed by atoms with E-state index in [2.05, 4.69) is 17.6 Å². The molecule has 4 unspecified atom stereocenters. The van der Waals surface area contributed by atoms with Gasteiger partial charge in [-0.3, -0.25) is 4.79 Å². The molecule has 6 nitrogen and oxygen atoms in total. The van der Waals surface area contributed by atoms with Gasteiger partial charge in [-0.15, -0.1) is 0 Å². The first-order valence-corrected chi connectivity index (χ1v) is 12.5. The van der Waals surface area contributed by atoms with Crippen molar-refractivity contribution in [2.75, 3.05) is 13.1 Å². The summed E-state index contributed by atoms with van der Waals surface area (Å²) in [6.45, 7) is 7.06. The lowest BCUT2D eigenvalue weighted by Gasteiger charge is -2.27. The summed E-state index contributed by atoms with van der Waals surface area (Å²) in [5.41, 5.74) is 0. The molecule has 0 rings (SSSR count). The van der Waals surface area contributed by atoms with Gasteiger partial charge in [0, 0.05) is 12.6 Å². The minimum atomic E-state index is -1.06. The Balaban J connectivity index is 3.89. The van der Waals surface area contributed by atoms with Crippen LogP contribution in [0.5, 0.6) is 0 Å². The zero-order valence-corrected chi connectivity index (χ0v) is 19.9. The third-order valence-electron chi connectivity index (χ3n) is 5.95. The number of carboxylic acids is 1. The molecule has 0 saturated carbocycles. The molecule has 0 aromatic rings. The third kappa shape index (κ3) is 15.2. The standard InChI is InChI=1S/C24H50N2O4/c1-4-7-8-9-10-11-12-13-14-15-16-17-18-25-20(21(27)5-2)19-26-23(24(29)30)22(28)6-3/h20-23,25-28H,4-19H2,1-3H3,(H,29,30). The number of unbranched alkanes of at least 4 members (excludes halogenated alkanes) is 11. The fourth-order valence-corrected chi connectivity index (χ4v) is 3.76. The second-order valence-corrected chi connectivity index (χ2v) is 8.63. The summed E-state index contributed by atoms with van der Waals surface area (Å²) in [5.74, 6) is -1.06. The van der Waals surface area contributed by atoms with Crippen molar-refractivity contribution in [2.24, 2.45) is 0 Å². The van der Waals surface area contributed by atoms with Gasteiger partial charge in [0.1, 0.15) is 6.04 Å². The van der Waals surface area contributed by atoms with Crippen molar-refractivity contribution in [3.8, 4) is 0 Å². The zero-order valence-electron chi connectivity index (χ0n) is 19.9. The van der Waals surface area contributed by atoms with Gasteiger partial charge < -0.3 is 26.0 Å². The minimum Gasteiger partial charge on any atom is -0.480 e. The van der Waals surface area contributed by atoms with Crippen molar-refractivity contribution in [1.29, 1.82) is 0 Å². The van der Waals surface area contributed by atoms with Crippen molar-refractivity contribution >= 4 is 5.97 Å². The Hall–Kier alpha value is -0.690. The topological polar surface area (TPSA) is 102 Å². The smallest absolute Gasteiger partial charge is 0.323 e. The molecule has 0 fully saturated rings. The van der Waals surface area contributed by atoms with E-state index in [9.17, 15) is 20.1 Å². The highest BCUT2D eigenvalue weighted by molar-refractivity contribution is 5.74. The van der Waals surface area contributed by atoms with E-state index in [1.807, 2.05) is 6.92 Å². The molecule has 0 aromatic carbocycles. The summed E-state index contributed by atoms with van der Waals surface area (Å²) < 4.78 is 0. The normalized spacial score (nSPS) is 15.6. The first-order chi connectivity index (χ1) is 14.5.